The Hall–Kier alpha value is -1.70. The van der Waals surface area contributed by atoms with E-state index in [-0.39, 0.29) is 5.56 Å². The second-order valence-corrected chi connectivity index (χ2v) is 5.90. The highest BCUT2D eigenvalue weighted by molar-refractivity contribution is 5.59. The molecule has 0 fully saturated rings. The summed E-state index contributed by atoms with van der Waals surface area (Å²) in [5, 5.41) is 12.2. The molecule has 0 aliphatic rings. The van der Waals surface area contributed by atoms with Crippen LogP contribution in [-0.2, 0) is 6.18 Å². The van der Waals surface area contributed by atoms with E-state index >= 15 is 0 Å². The Morgan fingerprint density at radius 1 is 1.14 bits per heavy atom. The highest BCUT2D eigenvalue weighted by Crippen LogP contribution is 2.32. The molecule has 1 aromatic rings. The third kappa shape index (κ3) is 4.66. The molecule has 116 valence electrons. The predicted octanol–water partition coefficient (Wildman–Crippen LogP) is 4.92. The summed E-state index contributed by atoms with van der Waals surface area (Å²) in [5.74, 6) is 1.30. The zero-order chi connectivity index (χ0) is 16.2. The lowest BCUT2D eigenvalue weighted by molar-refractivity contribution is -0.137. The maximum atomic E-state index is 12.6. The van der Waals surface area contributed by atoms with Gasteiger partial charge in [0.1, 0.15) is 6.07 Å². The Morgan fingerprint density at radius 2 is 1.71 bits per heavy atom. The van der Waals surface area contributed by atoms with E-state index in [1.165, 1.54) is 6.07 Å². The van der Waals surface area contributed by atoms with Crippen LogP contribution in [0.15, 0.2) is 18.2 Å². The minimum atomic E-state index is -4.43. The molecule has 1 rings (SSSR count). The summed E-state index contributed by atoms with van der Waals surface area (Å²) in [6.07, 6.45) is -4.43. The second kappa shape index (κ2) is 6.84. The van der Waals surface area contributed by atoms with Crippen molar-refractivity contribution in [2.24, 2.45) is 17.8 Å². The molecule has 0 radical (unpaired) electrons. The summed E-state index contributed by atoms with van der Waals surface area (Å²) >= 11 is 0. The molecule has 0 spiro atoms. The lowest BCUT2D eigenvalue weighted by Gasteiger charge is -2.26. The van der Waals surface area contributed by atoms with Crippen molar-refractivity contribution in [1.82, 2.24) is 0 Å². The minimum Gasteiger partial charge on any atom is -0.384 e. The van der Waals surface area contributed by atoms with Gasteiger partial charge in [0.15, 0.2) is 0 Å². The van der Waals surface area contributed by atoms with Gasteiger partial charge in [-0.15, -0.1) is 0 Å². The van der Waals surface area contributed by atoms with Gasteiger partial charge >= 0.3 is 6.18 Å². The maximum Gasteiger partial charge on any atom is 0.416 e. The zero-order valence-electron chi connectivity index (χ0n) is 12.8. The number of alkyl halides is 3. The number of rotatable bonds is 5. The summed E-state index contributed by atoms with van der Waals surface area (Å²) in [6.45, 7) is 9.10. The number of nitrogens with zero attached hydrogens (tertiary/aromatic N) is 1. The van der Waals surface area contributed by atoms with Crippen molar-refractivity contribution < 1.29 is 13.2 Å². The van der Waals surface area contributed by atoms with Gasteiger partial charge in [-0.25, -0.2) is 0 Å². The fraction of sp³-hybridized carbons (Fsp3) is 0.562. The molecule has 0 unspecified atom stereocenters. The molecule has 5 heteroatoms. The maximum absolute atomic E-state index is 12.6. The molecule has 0 bridgehead atoms. The average molecular weight is 298 g/mol. The second-order valence-electron chi connectivity index (χ2n) is 5.90. The van der Waals surface area contributed by atoms with Crippen LogP contribution in [-0.4, -0.2) is 6.54 Å². The third-order valence-electron chi connectivity index (χ3n) is 3.71. The fourth-order valence-electron chi connectivity index (χ4n) is 2.44. The first-order chi connectivity index (χ1) is 9.66. The highest BCUT2D eigenvalue weighted by Gasteiger charge is 2.31. The quantitative estimate of drug-likeness (QED) is 0.837. The number of nitrogens with one attached hydrogen (secondary N) is 1. The van der Waals surface area contributed by atoms with E-state index in [9.17, 15) is 13.2 Å². The van der Waals surface area contributed by atoms with Crippen LogP contribution in [0.5, 0.6) is 0 Å². The number of anilines is 1. The average Bonchev–Trinajstić information content (AvgIpc) is 2.36. The molecule has 0 saturated carbocycles. The Balaban J connectivity index is 2.92. The van der Waals surface area contributed by atoms with E-state index in [1.54, 1.807) is 0 Å². The number of benzene rings is 1. The first kappa shape index (κ1) is 17.4. The van der Waals surface area contributed by atoms with Gasteiger partial charge in [0, 0.05) is 6.54 Å². The van der Waals surface area contributed by atoms with Gasteiger partial charge in [0.05, 0.1) is 16.8 Å². The molecule has 0 saturated heterocycles. The first-order valence-electron chi connectivity index (χ1n) is 7.02. The van der Waals surface area contributed by atoms with Crippen molar-refractivity contribution in [2.45, 2.75) is 33.9 Å². The first-order valence-corrected chi connectivity index (χ1v) is 7.02. The molecular weight excluding hydrogens is 277 g/mol. The van der Waals surface area contributed by atoms with Gasteiger partial charge < -0.3 is 5.32 Å². The lowest BCUT2D eigenvalue weighted by atomic mass is 9.85. The van der Waals surface area contributed by atoms with Crippen molar-refractivity contribution in [3.63, 3.8) is 0 Å². The van der Waals surface area contributed by atoms with Crippen molar-refractivity contribution in [3.05, 3.63) is 29.3 Å². The standard InChI is InChI=1S/C16H21F3N2/c1-10(2)14(11(3)4)9-21-15-6-5-13(16(17,18)19)7-12(15)8-20/h5-7,10-11,14,21H,9H2,1-4H3. The zero-order valence-corrected chi connectivity index (χ0v) is 12.8. The van der Waals surface area contributed by atoms with Gasteiger partial charge in [-0.3, -0.25) is 0 Å². The summed E-state index contributed by atoms with van der Waals surface area (Å²) in [6, 6.07) is 5.05. The van der Waals surface area contributed by atoms with Crippen LogP contribution in [0.4, 0.5) is 18.9 Å². The number of hydrogen-bond donors (Lipinski definition) is 1. The van der Waals surface area contributed by atoms with E-state index in [0.717, 1.165) is 12.1 Å². The van der Waals surface area contributed by atoms with Crippen molar-refractivity contribution in [1.29, 1.82) is 5.26 Å². The van der Waals surface area contributed by atoms with E-state index < -0.39 is 11.7 Å². The predicted molar refractivity (Wildman–Crippen MR) is 77.8 cm³/mol. The van der Waals surface area contributed by atoms with Crippen molar-refractivity contribution in [2.75, 3.05) is 11.9 Å². The Kier molecular flexibility index (Phi) is 5.65. The van der Waals surface area contributed by atoms with Crippen LogP contribution in [0.25, 0.3) is 0 Å². The van der Waals surface area contributed by atoms with Crippen LogP contribution in [0.1, 0.15) is 38.8 Å². The fourth-order valence-corrected chi connectivity index (χ4v) is 2.44. The van der Waals surface area contributed by atoms with Crippen LogP contribution in [0.3, 0.4) is 0 Å². The Labute approximate surface area is 124 Å². The van der Waals surface area contributed by atoms with Gasteiger partial charge in [-0.05, 0) is 36.0 Å². The Bertz CT molecular complexity index is 505. The van der Waals surface area contributed by atoms with Crippen LogP contribution in [0.2, 0.25) is 0 Å². The van der Waals surface area contributed by atoms with E-state index in [4.69, 9.17) is 5.26 Å². The van der Waals surface area contributed by atoms with Crippen LogP contribution < -0.4 is 5.32 Å². The molecule has 21 heavy (non-hydrogen) atoms. The molecule has 1 aromatic carbocycles. The van der Waals surface area contributed by atoms with Crippen molar-refractivity contribution in [3.8, 4) is 6.07 Å². The van der Waals surface area contributed by atoms with Crippen LogP contribution in [0, 0.1) is 29.1 Å². The molecule has 1 N–H and O–H groups in total. The SMILES string of the molecule is CC(C)C(CNc1ccc(C(F)(F)F)cc1C#N)C(C)C. The molecular formula is C16H21F3N2. The number of halogens is 3. The molecule has 0 atom stereocenters. The monoisotopic (exact) mass is 298 g/mol. The molecule has 0 aliphatic carbocycles. The van der Waals surface area contributed by atoms with Crippen LogP contribution >= 0.6 is 0 Å². The highest BCUT2D eigenvalue weighted by atomic mass is 19.4. The summed E-state index contributed by atoms with van der Waals surface area (Å²) in [5.41, 5.74) is -0.318. The lowest BCUT2D eigenvalue weighted by Crippen LogP contribution is -2.24. The third-order valence-corrected chi connectivity index (χ3v) is 3.71. The molecule has 0 aliphatic heterocycles. The van der Waals surface area contributed by atoms with Crippen molar-refractivity contribution >= 4 is 5.69 Å². The van der Waals surface area contributed by atoms with Gasteiger partial charge in [0.2, 0.25) is 0 Å². The van der Waals surface area contributed by atoms with Gasteiger partial charge in [0.25, 0.3) is 0 Å². The summed E-state index contributed by atoms with van der Waals surface area (Å²) in [4.78, 5) is 0. The van der Waals surface area contributed by atoms with E-state index in [1.807, 2.05) is 6.07 Å². The van der Waals surface area contributed by atoms with E-state index in [2.05, 4.69) is 33.0 Å². The molecule has 2 nitrogen and oxygen atoms in total. The normalized spacial score (nSPS) is 12.0. The molecule has 0 amide bonds. The minimum absolute atomic E-state index is 0.0242. The van der Waals surface area contributed by atoms with Gasteiger partial charge in [-0.2, -0.15) is 18.4 Å². The van der Waals surface area contributed by atoms with Gasteiger partial charge in [-0.1, -0.05) is 27.7 Å². The molecule has 0 heterocycles. The van der Waals surface area contributed by atoms with E-state index in [0.29, 0.717) is 30.0 Å². The summed E-state index contributed by atoms with van der Waals surface area (Å²) < 4.78 is 37.9. The number of hydrogen-bond acceptors (Lipinski definition) is 2. The summed E-state index contributed by atoms with van der Waals surface area (Å²) in [7, 11) is 0. The smallest absolute Gasteiger partial charge is 0.384 e. The topological polar surface area (TPSA) is 35.8 Å². The molecule has 0 aromatic heterocycles. The number of nitriles is 1. The Morgan fingerprint density at radius 3 is 2.14 bits per heavy atom. The largest absolute Gasteiger partial charge is 0.416 e.